The van der Waals surface area contributed by atoms with Gasteiger partial charge in [0.1, 0.15) is 17.4 Å². The van der Waals surface area contributed by atoms with Crippen LogP contribution in [0.2, 0.25) is 0 Å². The molecule has 0 saturated heterocycles. The van der Waals surface area contributed by atoms with E-state index in [9.17, 15) is 13.6 Å². The van der Waals surface area contributed by atoms with Crippen molar-refractivity contribution in [2.75, 3.05) is 0 Å². The molecule has 2 rings (SSSR count). The summed E-state index contributed by atoms with van der Waals surface area (Å²) in [6.07, 6.45) is 2.00. The lowest BCUT2D eigenvalue weighted by Gasteiger charge is -2.08. The molecule has 0 bridgehead atoms. The lowest BCUT2D eigenvalue weighted by atomic mass is 9.96. The average molecular weight is 196 g/mol. The van der Waals surface area contributed by atoms with E-state index >= 15 is 0 Å². The lowest BCUT2D eigenvalue weighted by molar-refractivity contribution is -0.118. The molecule has 0 heterocycles. The van der Waals surface area contributed by atoms with E-state index in [1.165, 1.54) is 12.1 Å². The molecule has 14 heavy (non-hydrogen) atoms. The minimum Gasteiger partial charge on any atom is -0.299 e. The number of halogens is 2. The number of ketones is 1. The van der Waals surface area contributed by atoms with E-state index in [0.29, 0.717) is 18.4 Å². The van der Waals surface area contributed by atoms with Crippen molar-refractivity contribution in [2.45, 2.75) is 25.2 Å². The van der Waals surface area contributed by atoms with Gasteiger partial charge in [0.25, 0.3) is 0 Å². The Labute approximate surface area is 80.7 Å². The molecule has 3 heteroatoms. The van der Waals surface area contributed by atoms with Crippen LogP contribution in [0.15, 0.2) is 18.2 Å². The molecule has 1 aliphatic carbocycles. The molecule has 1 saturated carbocycles. The van der Waals surface area contributed by atoms with Crippen molar-refractivity contribution in [2.24, 2.45) is 0 Å². The summed E-state index contributed by atoms with van der Waals surface area (Å²) in [5.74, 6) is -1.49. The summed E-state index contributed by atoms with van der Waals surface area (Å²) < 4.78 is 25.9. The number of Topliss-reactive ketones (excluding diaryl/α,β-unsaturated/α-hetero) is 1. The number of rotatable bonds is 1. The van der Waals surface area contributed by atoms with Crippen LogP contribution >= 0.6 is 0 Å². The van der Waals surface area contributed by atoms with Gasteiger partial charge < -0.3 is 0 Å². The van der Waals surface area contributed by atoms with Gasteiger partial charge in [-0.1, -0.05) is 6.07 Å². The number of hydrogen-bond donors (Lipinski definition) is 0. The van der Waals surface area contributed by atoms with Crippen molar-refractivity contribution in [3.8, 4) is 0 Å². The summed E-state index contributed by atoms with van der Waals surface area (Å²) >= 11 is 0. The second-order valence-corrected chi connectivity index (χ2v) is 3.58. The molecule has 1 aromatic rings. The molecule has 1 atom stereocenters. The summed E-state index contributed by atoms with van der Waals surface area (Å²) in [7, 11) is 0. The van der Waals surface area contributed by atoms with E-state index in [1.807, 2.05) is 0 Å². The van der Waals surface area contributed by atoms with Gasteiger partial charge in [0.05, 0.1) is 0 Å². The monoisotopic (exact) mass is 196 g/mol. The Morgan fingerprint density at radius 3 is 2.64 bits per heavy atom. The zero-order chi connectivity index (χ0) is 10.1. The first-order valence-corrected chi connectivity index (χ1v) is 4.66. The highest BCUT2D eigenvalue weighted by Gasteiger charge is 2.28. The zero-order valence-electron chi connectivity index (χ0n) is 7.59. The third kappa shape index (κ3) is 1.54. The molecule has 0 radical (unpaired) electrons. The summed E-state index contributed by atoms with van der Waals surface area (Å²) in [5.41, 5.74) is 0.342. The van der Waals surface area contributed by atoms with Gasteiger partial charge in [-0.15, -0.1) is 0 Å². The maximum Gasteiger partial charge on any atom is 0.140 e. The van der Waals surface area contributed by atoms with Crippen LogP contribution in [0.3, 0.4) is 0 Å². The predicted molar refractivity (Wildman–Crippen MR) is 48.0 cm³/mol. The van der Waals surface area contributed by atoms with Crippen LogP contribution in [0, 0.1) is 11.6 Å². The molecule has 0 aliphatic heterocycles. The molecule has 0 amide bonds. The molecule has 1 unspecified atom stereocenters. The Balaban J connectivity index is 2.36. The minimum absolute atomic E-state index is 0.0653. The van der Waals surface area contributed by atoms with E-state index in [2.05, 4.69) is 0 Å². The van der Waals surface area contributed by atoms with Crippen LogP contribution < -0.4 is 0 Å². The third-order valence-corrected chi connectivity index (χ3v) is 2.64. The van der Waals surface area contributed by atoms with Crippen LogP contribution in [0.1, 0.15) is 30.7 Å². The Bertz CT molecular complexity index is 374. The summed E-state index contributed by atoms with van der Waals surface area (Å²) in [5, 5.41) is 0. The molecule has 0 N–H and O–H groups in total. The van der Waals surface area contributed by atoms with Crippen LogP contribution in [-0.2, 0) is 4.79 Å². The molecule has 74 valence electrons. The van der Waals surface area contributed by atoms with Gasteiger partial charge in [-0.25, -0.2) is 8.78 Å². The molecule has 0 aromatic heterocycles. The number of carbonyl (C=O) groups excluding carboxylic acids is 1. The van der Waals surface area contributed by atoms with Crippen molar-refractivity contribution in [1.29, 1.82) is 0 Å². The first-order chi connectivity index (χ1) is 6.68. The van der Waals surface area contributed by atoms with Crippen LogP contribution in [0.25, 0.3) is 0 Å². The second-order valence-electron chi connectivity index (χ2n) is 3.58. The maximum atomic E-state index is 13.3. The second kappa shape index (κ2) is 3.48. The molecular weight excluding hydrogens is 186 g/mol. The third-order valence-electron chi connectivity index (χ3n) is 2.64. The van der Waals surface area contributed by atoms with Gasteiger partial charge >= 0.3 is 0 Å². The Morgan fingerprint density at radius 1 is 1.29 bits per heavy atom. The topological polar surface area (TPSA) is 17.1 Å². The molecule has 1 aliphatic rings. The highest BCUT2D eigenvalue weighted by Crippen LogP contribution is 2.32. The fraction of sp³-hybridized carbons (Fsp3) is 0.364. The Kier molecular flexibility index (Phi) is 2.32. The Morgan fingerprint density at radius 2 is 2.07 bits per heavy atom. The number of carbonyl (C=O) groups is 1. The predicted octanol–water partition coefficient (Wildman–Crippen LogP) is 2.80. The van der Waals surface area contributed by atoms with E-state index in [0.717, 1.165) is 12.5 Å². The fourth-order valence-electron chi connectivity index (χ4n) is 1.93. The lowest BCUT2D eigenvalue weighted by Crippen LogP contribution is -2.06. The van der Waals surface area contributed by atoms with Gasteiger partial charge in [0, 0.05) is 18.4 Å². The van der Waals surface area contributed by atoms with Crippen LogP contribution in [-0.4, -0.2) is 5.78 Å². The number of benzene rings is 1. The van der Waals surface area contributed by atoms with Gasteiger partial charge in [-0.05, 0) is 24.5 Å². The number of hydrogen-bond acceptors (Lipinski definition) is 1. The van der Waals surface area contributed by atoms with E-state index in [1.54, 1.807) is 0 Å². The van der Waals surface area contributed by atoms with Crippen molar-refractivity contribution in [3.63, 3.8) is 0 Å². The minimum atomic E-state index is -0.606. The summed E-state index contributed by atoms with van der Waals surface area (Å²) in [6.45, 7) is 0. The van der Waals surface area contributed by atoms with Crippen molar-refractivity contribution in [1.82, 2.24) is 0 Å². The molecule has 1 nitrogen and oxygen atoms in total. The van der Waals surface area contributed by atoms with Gasteiger partial charge in [-0.2, -0.15) is 0 Å². The molecular formula is C11H10F2O. The smallest absolute Gasteiger partial charge is 0.140 e. The van der Waals surface area contributed by atoms with E-state index in [-0.39, 0.29) is 11.7 Å². The molecule has 1 aromatic carbocycles. The quantitative estimate of drug-likeness (QED) is 0.675. The zero-order valence-corrected chi connectivity index (χ0v) is 7.59. The standard InChI is InChI=1S/C11H10F2O/c12-7-4-5-8(10(13)6-7)9-2-1-3-11(9)14/h4-6,9H,1-3H2. The normalized spacial score (nSPS) is 21.6. The van der Waals surface area contributed by atoms with Crippen LogP contribution in [0.4, 0.5) is 8.78 Å². The first kappa shape index (κ1) is 9.31. The van der Waals surface area contributed by atoms with Gasteiger partial charge in [0.15, 0.2) is 0 Å². The van der Waals surface area contributed by atoms with Crippen molar-refractivity contribution < 1.29 is 13.6 Å². The summed E-state index contributed by atoms with van der Waals surface area (Å²) in [4.78, 5) is 11.4. The summed E-state index contributed by atoms with van der Waals surface area (Å²) in [6, 6.07) is 3.41. The SMILES string of the molecule is O=C1CCCC1c1ccc(F)cc1F. The average Bonchev–Trinajstić information content (AvgIpc) is 2.52. The molecule has 0 spiro atoms. The fourth-order valence-corrected chi connectivity index (χ4v) is 1.93. The first-order valence-electron chi connectivity index (χ1n) is 4.66. The maximum absolute atomic E-state index is 13.3. The Hall–Kier alpha value is -1.25. The van der Waals surface area contributed by atoms with E-state index in [4.69, 9.17) is 0 Å². The van der Waals surface area contributed by atoms with Crippen molar-refractivity contribution >= 4 is 5.78 Å². The highest BCUT2D eigenvalue weighted by atomic mass is 19.1. The largest absolute Gasteiger partial charge is 0.299 e. The van der Waals surface area contributed by atoms with Gasteiger partial charge in [-0.3, -0.25) is 4.79 Å². The van der Waals surface area contributed by atoms with Crippen LogP contribution in [0.5, 0.6) is 0 Å². The highest BCUT2D eigenvalue weighted by molar-refractivity contribution is 5.87. The van der Waals surface area contributed by atoms with Gasteiger partial charge in [0.2, 0.25) is 0 Å². The van der Waals surface area contributed by atoms with Crippen molar-refractivity contribution in [3.05, 3.63) is 35.4 Å². The van der Waals surface area contributed by atoms with E-state index < -0.39 is 11.6 Å². The molecule has 1 fully saturated rings.